The van der Waals surface area contributed by atoms with E-state index in [4.69, 9.17) is 9.97 Å². The molecule has 0 bridgehead atoms. The standard InChI is InChI=1S/C23H25N7/c1-17-16-21(30(27-17)18-8-4-3-5-9-18)26-22-23(29-14-12-28(2)13-15-29)25-20-11-7-6-10-19(20)24-22/h3-11,16H,12-15H2,1-2H3,(H,24,26)/p+1. The third-order valence-electron chi connectivity index (χ3n) is 5.55. The average Bonchev–Trinajstić information content (AvgIpc) is 3.14. The fourth-order valence-corrected chi connectivity index (χ4v) is 3.87. The topological polar surface area (TPSA) is 63.3 Å². The highest BCUT2D eigenvalue weighted by atomic mass is 15.4. The Bertz CT molecular complexity index is 1160. The fraction of sp³-hybridized carbons (Fsp3) is 0.261. The molecule has 2 N–H and O–H groups in total. The minimum Gasteiger partial charge on any atom is -0.342 e. The number of nitrogens with zero attached hydrogens (tertiary/aromatic N) is 5. The maximum absolute atomic E-state index is 4.99. The van der Waals surface area contributed by atoms with E-state index in [1.807, 2.05) is 72.3 Å². The van der Waals surface area contributed by atoms with E-state index in [9.17, 15) is 0 Å². The van der Waals surface area contributed by atoms with Crippen LogP contribution in [0.15, 0.2) is 60.7 Å². The maximum Gasteiger partial charge on any atom is 0.175 e. The molecule has 2 aromatic carbocycles. The number of benzene rings is 2. The van der Waals surface area contributed by atoms with Crippen molar-refractivity contribution in [1.82, 2.24) is 19.7 Å². The second-order valence-corrected chi connectivity index (χ2v) is 7.87. The predicted octanol–water partition coefficient (Wildman–Crippen LogP) is 2.20. The van der Waals surface area contributed by atoms with Gasteiger partial charge in [-0.25, -0.2) is 14.6 Å². The molecule has 0 atom stereocenters. The molecular formula is C23H26N7+. The summed E-state index contributed by atoms with van der Waals surface area (Å²) < 4.78 is 1.92. The van der Waals surface area contributed by atoms with Gasteiger partial charge in [0.05, 0.1) is 55.6 Å². The lowest BCUT2D eigenvalue weighted by atomic mass is 10.3. The zero-order valence-corrected chi connectivity index (χ0v) is 17.3. The van der Waals surface area contributed by atoms with Gasteiger partial charge in [-0.15, -0.1) is 0 Å². The van der Waals surface area contributed by atoms with Crippen LogP contribution in [0.4, 0.5) is 17.5 Å². The van der Waals surface area contributed by atoms with Crippen LogP contribution >= 0.6 is 0 Å². The molecule has 0 unspecified atom stereocenters. The molecule has 0 amide bonds. The van der Waals surface area contributed by atoms with E-state index in [0.29, 0.717) is 0 Å². The third kappa shape index (κ3) is 3.59. The molecule has 7 heteroatoms. The Morgan fingerprint density at radius 1 is 0.900 bits per heavy atom. The van der Waals surface area contributed by atoms with Gasteiger partial charge in [-0.05, 0) is 31.2 Å². The number of aromatic nitrogens is 4. The zero-order chi connectivity index (χ0) is 20.5. The summed E-state index contributed by atoms with van der Waals surface area (Å²) in [5.41, 5.74) is 3.74. The molecule has 7 nitrogen and oxygen atoms in total. The first kappa shape index (κ1) is 18.6. The lowest BCUT2D eigenvalue weighted by Crippen LogP contribution is -3.12. The lowest BCUT2D eigenvalue weighted by Gasteiger charge is -2.31. The van der Waals surface area contributed by atoms with E-state index in [1.54, 1.807) is 4.90 Å². The molecule has 1 aliphatic rings. The highest BCUT2D eigenvalue weighted by molar-refractivity contribution is 5.82. The summed E-state index contributed by atoms with van der Waals surface area (Å²) in [6.45, 7) is 6.11. The van der Waals surface area contributed by atoms with Gasteiger partial charge in [0.15, 0.2) is 11.6 Å². The number of aryl methyl sites for hydroxylation is 1. The molecule has 5 rings (SSSR count). The molecule has 1 saturated heterocycles. The monoisotopic (exact) mass is 400 g/mol. The van der Waals surface area contributed by atoms with Crippen LogP contribution in [0.5, 0.6) is 0 Å². The number of nitrogens with one attached hydrogen (secondary N) is 2. The molecule has 1 aliphatic heterocycles. The van der Waals surface area contributed by atoms with Crippen LogP contribution in [0, 0.1) is 6.92 Å². The number of hydrogen-bond donors (Lipinski definition) is 2. The molecule has 0 radical (unpaired) electrons. The molecule has 0 saturated carbocycles. The summed E-state index contributed by atoms with van der Waals surface area (Å²) in [5.74, 6) is 2.55. The fourth-order valence-electron chi connectivity index (χ4n) is 3.87. The number of fused-ring (bicyclic) bond motifs is 1. The number of likely N-dealkylation sites (N-methyl/N-ethyl adjacent to an activating group) is 1. The van der Waals surface area contributed by atoms with Crippen molar-refractivity contribution in [1.29, 1.82) is 0 Å². The summed E-state index contributed by atoms with van der Waals surface area (Å²) in [7, 11) is 2.24. The molecule has 3 heterocycles. The van der Waals surface area contributed by atoms with Gasteiger partial charge in [0, 0.05) is 6.07 Å². The van der Waals surface area contributed by atoms with Crippen molar-refractivity contribution in [3.8, 4) is 5.69 Å². The lowest BCUT2D eigenvalue weighted by molar-refractivity contribution is -0.880. The van der Waals surface area contributed by atoms with Crippen molar-refractivity contribution in [2.45, 2.75) is 6.92 Å². The van der Waals surface area contributed by atoms with Crippen molar-refractivity contribution in [3.63, 3.8) is 0 Å². The van der Waals surface area contributed by atoms with Crippen LogP contribution in [-0.4, -0.2) is 53.0 Å². The molecule has 152 valence electrons. The number of hydrogen-bond acceptors (Lipinski definition) is 5. The first-order chi connectivity index (χ1) is 14.7. The van der Waals surface area contributed by atoms with Crippen molar-refractivity contribution >= 4 is 28.5 Å². The van der Waals surface area contributed by atoms with Crippen LogP contribution in [0.2, 0.25) is 0 Å². The number of rotatable bonds is 4. The summed E-state index contributed by atoms with van der Waals surface area (Å²) in [5, 5.41) is 8.22. The van der Waals surface area contributed by atoms with Crippen LogP contribution in [0.3, 0.4) is 0 Å². The zero-order valence-electron chi connectivity index (χ0n) is 17.3. The average molecular weight is 401 g/mol. The van der Waals surface area contributed by atoms with Gasteiger partial charge in [0.2, 0.25) is 0 Å². The van der Waals surface area contributed by atoms with Crippen LogP contribution in [0.1, 0.15) is 5.69 Å². The smallest absolute Gasteiger partial charge is 0.175 e. The third-order valence-corrected chi connectivity index (χ3v) is 5.55. The first-order valence-corrected chi connectivity index (χ1v) is 10.4. The summed E-state index contributed by atoms with van der Waals surface area (Å²) >= 11 is 0. The molecule has 0 spiro atoms. The number of anilines is 3. The Hall–Kier alpha value is -3.45. The van der Waals surface area contributed by atoms with Crippen molar-refractivity contribution in [2.75, 3.05) is 43.4 Å². The van der Waals surface area contributed by atoms with Gasteiger partial charge >= 0.3 is 0 Å². The Kier molecular flexibility index (Phi) is 4.80. The van der Waals surface area contributed by atoms with Crippen molar-refractivity contribution in [3.05, 3.63) is 66.4 Å². The van der Waals surface area contributed by atoms with Crippen molar-refractivity contribution in [2.24, 2.45) is 0 Å². The highest BCUT2D eigenvalue weighted by Crippen LogP contribution is 2.29. The Labute approximate surface area is 176 Å². The van der Waals surface area contributed by atoms with E-state index < -0.39 is 0 Å². The molecule has 30 heavy (non-hydrogen) atoms. The second kappa shape index (κ2) is 7.76. The normalized spacial score (nSPS) is 14.9. The molecular weight excluding hydrogens is 374 g/mol. The second-order valence-electron chi connectivity index (χ2n) is 7.87. The summed E-state index contributed by atoms with van der Waals surface area (Å²) in [6.07, 6.45) is 0. The van der Waals surface area contributed by atoms with Gasteiger partial charge in [0.1, 0.15) is 5.82 Å². The molecule has 0 aliphatic carbocycles. The largest absolute Gasteiger partial charge is 0.342 e. The SMILES string of the molecule is Cc1cc(Nc2nc3ccccc3nc2N2CC[NH+](C)CC2)n(-c2ccccc2)n1. The van der Waals surface area contributed by atoms with Gasteiger partial charge < -0.3 is 15.1 Å². The van der Waals surface area contributed by atoms with Crippen LogP contribution in [0.25, 0.3) is 16.7 Å². The minimum absolute atomic E-state index is 0.769. The molecule has 2 aromatic heterocycles. The van der Waals surface area contributed by atoms with E-state index in [-0.39, 0.29) is 0 Å². The highest BCUT2D eigenvalue weighted by Gasteiger charge is 2.23. The van der Waals surface area contributed by atoms with Gasteiger partial charge in [0.25, 0.3) is 0 Å². The predicted molar refractivity (Wildman–Crippen MR) is 120 cm³/mol. The number of piperazine rings is 1. The maximum atomic E-state index is 4.99. The summed E-state index contributed by atoms with van der Waals surface area (Å²) in [4.78, 5) is 13.8. The quantitative estimate of drug-likeness (QED) is 0.550. The minimum atomic E-state index is 0.769. The molecule has 1 fully saturated rings. The van der Waals surface area contributed by atoms with E-state index in [2.05, 4.69) is 22.4 Å². The van der Waals surface area contributed by atoms with Gasteiger partial charge in [-0.1, -0.05) is 30.3 Å². The van der Waals surface area contributed by atoms with Gasteiger partial charge in [-0.3, -0.25) is 0 Å². The summed E-state index contributed by atoms with van der Waals surface area (Å²) in [6, 6.07) is 20.2. The van der Waals surface area contributed by atoms with Gasteiger partial charge in [-0.2, -0.15) is 5.10 Å². The number of quaternary nitrogens is 1. The number of para-hydroxylation sites is 3. The van der Waals surface area contributed by atoms with Crippen LogP contribution < -0.4 is 15.1 Å². The van der Waals surface area contributed by atoms with Crippen LogP contribution in [-0.2, 0) is 0 Å². The molecule has 4 aromatic rings. The van der Waals surface area contributed by atoms with E-state index >= 15 is 0 Å². The Morgan fingerprint density at radius 3 is 2.30 bits per heavy atom. The Balaban J connectivity index is 1.58. The van der Waals surface area contributed by atoms with E-state index in [1.165, 1.54) is 0 Å². The first-order valence-electron chi connectivity index (χ1n) is 10.4. The Morgan fingerprint density at radius 2 is 1.57 bits per heavy atom. The van der Waals surface area contributed by atoms with E-state index in [0.717, 1.165) is 66.0 Å². The van der Waals surface area contributed by atoms with Crippen molar-refractivity contribution < 1.29 is 4.90 Å².